The molecule has 2 aromatic rings. The van der Waals surface area contributed by atoms with E-state index in [1.807, 2.05) is 6.49 Å². The van der Waals surface area contributed by atoms with Gasteiger partial charge in [-0.25, -0.2) is 0 Å². The summed E-state index contributed by atoms with van der Waals surface area (Å²) in [5.41, 5.74) is 17.6. The molecule has 0 radical (unpaired) electrons. The molecule has 2 aromatic carbocycles. The van der Waals surface area contributed by atoms with E-state index < -0.39 is 21.3 Å². The molecule has 0 spiro atoms. The number of hydrogen-bond acceptors (Lipinski definition) is 0. The van der Waals surface area contributed by atoms with Crippen molar-refractivity contribution >= 4 is 14.4 Å². The fraction of sp³-hybridized carbons (Fsp3) is 0.543. The van der Waals surface area contributed by atoms with Gasteiger partial charge in [0.25, 0.3) is 0 Å². The summed E-state index contributed by atoms with van der Waals surface area (Å²) < 4.78 is 4.42. The minimum Gasteiger partial charge on any atom is -1.00 e. The second-order valence-corrected chi connectivity index (χ2v) is 24.4. The maximum atomic E-state index is 2.76. The molecule has 3 heteroatoms. The number of fused-ring (bicyclic) bond motifs is 5. The van der Waals surface area contributed by atoms with Gasteiger partial charge in [0.05, 0.1) is 0 Å². The van der Waals surface area contributed by atoms with Crippen molar-refractivity contribution in [3.8, 4) is 11.1 Å². The van der Waals surface area contributed by atoms with Gasteiger partial charge in [-0.05, 0) is 0 Å². The van der Waals surface area contributed by atoms with Gasteiger partial charge in [0, 0.05) is 0 Å². The standard InChI is InChI=1S/C27H29.C10H15.C9H18.2ClH.Zr/c1-16-7-9-26(3,4)24-12-18-11-19-13-25-21(17(2)8-10-27(25,5)6)15-23(19)22(18)14-20(16)24;1-8-5-6-9(7-8)10(2,3)4;1-3-5-7-9-8-6-4-2;;;/h7-8,11-15H,9-10H2,1-6H3;6-8H,1-4H3;3-8H2,1-2H3;2*1H;/q;;;;;+2/p-2. The molecule has 1 unspecified atom stereocenters. The molecule has 264 valence electrons. The molecule has 0 N–H and O–H groups in total. The second kappa shape index (κ2) is 15.0. The van der Waals surface area contributed by atoms with Gasteiger partial charge in [-0.1, -0.05) is 0 Å². The van der Waals surface area contributed by atoms with E-state index in [-0.39, 0.29) is 41.1 Å². The normalized spacial score (nSPS) is 19.8. The SMILES string of the molecule is CCCC[C](CCCC)=[Zr+2]([C]1=CC(C(C)(C)C)=CC1C)[CH]1c2cc3c(cc2-c2cc4c(cc21)C(C)(C)CC=C4C)C(C)=CCC3(C)C.[Cl-].[Cl-]. The van der Waals surface area contributed by atoms with Gasteiger partial charge < -0.3 is 24.8 Å². The van der Waals surface area contributed by atoms with Crippen LogP contribution in [-0.2, 0) is 32.1 Å². The Kier molecular flexibility index (Phi) is 12.4. The summed E-state index contributed by atoms with van der Waals surface area (Å²) in [7, 11) is 0. The summed E-state index contributed by atoms with van der Waals surface area (Å²) in [4.78, 5) is 0. The molecule has 0 fully saturated rings. The summed E-state index contributed by atoms with van der Waals surface area (Å²) in [5, 5.41) is 0. The van der Waals surface area contributed by atoms with E-state index in [1.54, 1.807) is 39.0 Å². The predicted molar refractivity (Wildman–Crippen MR) is 205 cm³/mol. The van der Waals surface area contributed by atoms with E-state index in [2.05, 4.69) is 132 Å². The fourth-order valence-electron chi connectivity index (χ4n) is 8.93. The molecule has 0 bridgehead atoms. The Morgan fingerprint density at radius 2 is 1.18 bits per heavy atom. The van der Waals surface area contributed by atoms with Crippen LogP contribution in [0.25, 0.3) is 22.3 Å². The molecule has 0 saturated heterocycles. The van der Waals surface area contributed by atoms with Gasteiger partial charge in [-0.2, -0.15) is 0 Å². The monoisotopic (exact) mass is 774 g/mol. The minimum absolute atomic E-state index is 0. The van der Waals surface area contributed by atoms with Crippen LogP contribution in [0, 0.1) is 11.3 Å². The Morgan fingerprint density at radius 3 is 1.57 bits per heavy atom. The Morgan fingerprint density at radius 1 is 0.735 bits per heavy atom. The van der Waals surface area contributed by atoms with Gasteiger partial charge in [-0.3, -0.25) is 0 Å². The topological polar surface area (TPSA) is 0 Å². The Balaban J connectivity index is 0.00000270. The summed E-state index contributed by atoms with van der Waals surface area (Å²) in [6.07, 6.45) is 20.5. The van der Waals surface area contributed by atoms with Crippen molar-refractivity contribution in [2.75, 3.05) is 0 Å². The number of benzene rings is 2. The Labute approximate surface area is 320 Å². The van der Waals surface area contributed by atoms with E-state index in [1.165, 1.54) is 60.8 Å². The molecular formula is C46H62Cl2Zr. The van der Waals surface area contributed by atoms with Gasteiger partial charge in [0.2, 0.25) is 0 Å². The fourth-order valence-corrected chi connectivity index (χ4v) is 18.8. The largest absolute Gasteiger partial charge is 1.00 e. The van der Waals surface area contributed by atoms with Crippen LogP contribution >= 0.6 is 0 Å². The molecule has 0 heterocycles. The van der Waals surface area contributed by atoms with Crippen molar-refractivity contribution in [2.24, 2.45) is 11.3 Å². The zero-order valence-corrected chi connectivity index (χ0v) is 36.7. The molecule has 0 aromatic heterocycles. The van der Waals surface area contributed by atoms with Crippen molar-refractivity contribution in [1.29, 1.82) is 0 Å². The van der Waals surface area contributed by atoms with E-state index in [0.29, 0.717) is 9.54 Å². The van der Waals surface area contributed by atoms with Gasteiger partial charge in [0.15, 0.2) is 0 Å². The molecule has 4 aliphatic carbocycles. The van der Waals surface area contributed by atoms with Gasteiger partial charge >= 0.3 is 298 Å². The molecule has 0 amide bonds. The van der Waals surface area contributed by atoms with E-state index in [9.17, 15) is 0 Å². The van der Waals surface area contributed by atoms with Crippen LogP contribution in [0.2, 0.25) is 0 Å². The molecule has 0 aliphatic heterocycles. The minimum atomic E-state index is -2.52. The zero-order valence-electron chi connectivity index (χ0n) is 32.7. The van der Waals surface area contributed by atoms with Crippen LogP contribution in [0.4, 0.5) is 0 Å². The smallest absolute Gasteiger partial charge is 1.00 e. The second-order valence-electron chi connectivity index (χ2n) is 17.8. The molecule has 1 atom stereocenters. The molecule has 0 saturated carbocycles. The van der Waals surface area contributed by atoms with Gasteiger partial charge in [-0.15, -0.1) is 0 Å². The van der Waals surface area contributed by atoms with Crippen molar-refractivity contribution < 1.29 is 46.1 Å². The van der Waals surface area contributed by atoms with Crippen LogP contribution in [-0.4, -0.2) is 3.21 Å². The van der Waals surface area contributed by atoms with E-state index >= 15 is 0 Å². The van der Waals surface area contributed by atoms with Gasteiger partial charge in [0.1, 0.15) is 0 Å². The summed E-state index contributed by atoms with van der Waals surface area (Å²) in [6.45, 7) is 29.2. The maximum absolute atomic E-state index is 2.76. The van der Waals surface area contributed by atoms with Crippen molar-refractivity contribution in [2.45, 2.75) is 149 Å². The summed E-state index contributed by atoms with van der Waals surface area (Å²) in [5.74, 6) is 0.544. The average Bonchev–Trinajstić information content (AvgIpc) is 3.55. The number of hydrogen-bond donors (Lipinski definition) is 0. The molecular weight excluding hydrogens is 715 g/mol. The Hall–Kier alpha value is -1.27. The number of unbranched alkanes of at least 4 members (excludes halogenated alkanes) is 2. The van der Waals surface area contributed by atoms with Crippen molar-refractivity contribution in [3.63, 3.8) is 0 Å². The number of rotatable bonds is 8. The van der Waals surface area contributed by atoms with Crippen LogP contribution in [0.1, 0.15) is 171 Å². The third-order valence-corrected chi connectivity index (χ3v) is 21.2. The van der Waals surface area contributed by atoms with Crippen LogP contribution < -0.4 is 24.8 Å². The third-order valence-electron chi connectivity index (χ3n) is 12.2. The average molecular weight is 777 g/mol. The zero-order chi connectivity index (χ0) is 34.1. The predicted octanol–water partition coefficient (Wildman–Crippen LogP) is 7.61. The van der Waals surface area contributed by atoms with E-state index in [4.69, 9.17) is 0 Å². The first kappa shape index (κ1) is 40.5. The first-order valence-electron chi connectivity index (χ1n) is 19.0. The first-order chi connectivity index (χ1) is 22.1. The van der Waals surface area contributed by atoms with E-state index in [0.717, 1.165) is 12.8 Å². The van der Waals surface area contributed by atoms with Crippen molar-refractivity contribution in [1.82, 2.24) is 0 Å². The van der Waals surface area contributed by atoms with Crippen LogP contribution in [0.5, 0.6) is 0 Å². The van der Waals surface area contributed by atoms with Crippen LogP contribution in [0.3, 0.4) is 0 Å². The van der Waals surface area contributed by atoms with Crippen LogP contribution in [0.15, 0.2) is 57.4 Å². The third kappa shape index (κ3) is 7.36. The number of halogens is 2. The van der Waals surface area contributed by atoms with Crippen molar-refractivity contribution in [3.05, 3.63) is 90.8 Å². The maximum Gasteiger partial charge on any atom is -1.00 e. The summed E-state index contributed by atoms with van der Waals surface area (Å²) >= 11 is -2.52. The molecule has 6 rings (SSSR count). The molecule has 49 heavy (non-hydrogen) atoms. The molecule has 0 nitrogen and oxygen atoms in total. The summed E-state index contributed by atoms with van der Waals surface area (Å²) in [6, 6.07) is 10.8. The quantitative estimate of drug-likeness (QED) is 0.259. The Bertz CT molecular complexity index is 1670. The number of allylic oxidation sites excluding steroid dienone is 8. The molecule has 4 aliphatic rings. The first-order valence-corrected chi connectivity index (χ1v) is 22.8.